The average molecular weight is 681 g/mol. The van der Waals surface area contributed by atoms with Gasteiger partial charge >= 0.3 is 41.7 Å². The Bertz CT molecular complexity index is 1070. The zero-order valence-electron chi connectivity index (χ0n) is 23.0. The minimum absolute atomic E-state index is 0. The van der Waals surface area contributed by atoms with Gasteiger partial charge in [0.2, 0.25) is 0 Å². The summed E-state index contributed by atoms with van der Waals surface area (Å²) in [5.41, 5.74) is 2.17. The number of hydrogen-bond acceptors (Lipinski definition) is 8. The fraction of sp³-hybridized carbons (Fsp3) is 0.125. The van der Waals surface area contributed by atoms with Crippen molar-refractivity contribution < 1.29 is 79.9 Å². The molecule has 0 amide bonds. The van der Waals surface area contributed by atoms with Crippen molar-refractivity contribution in [1.82, 2.24) is 0 Å². The van der Waals surface area contributed by atoms with Gasteiger partial charge in [-0.15, -0.1) is 0 Å². The van der Waals surface area contributed by atoms with Gasteiger partial charge in [0.15, 0.2) is 0 Å². The van der Waals surface area contributed by atoms with Crippen molar-refractivity contribution in [2.45, 2.75) is 0 Å². The second-order valence-electron chi connectivity index (χ2n) is 7.32. The minimum Gasteiger partial charge on any atom is -0.499 e. The van der Waals surface area contributed by atoms with Crippen LogP contribution in [0.1, 0.15) is 22.3 Å². The predicted molar refractivity (Wildman–Crippen MR) is 151 cm³/mol. The van der Waals surface area contributed by atoms with E-state index in [1.54, 1.807) is 151 Å². The minimum atomic E-state index is 0. The molecule has 0 aliphatic carbocycles. The third-order valence-electron chi connectivity index (χ3n) is 4.83. The van der Waals surface area contributed by atoms with Crippen molar-refractivity contribution >= 4 is 25.1 Å². The molecule has 9 heteroatoms. The average Bonchev–Trinajstić information content (AvgIpc) is 3.05. The van der Waals surface area contributed by atoms with Crippen LogP contribution in [0.4, 0.5) is 0 Å². The molecule has 0 atom stereocenters. The van der Waals surface area contributed by atoms with Gasteiger partial charge in [0.1, 0.15) is 0 Å². The summed E-state index contributed by atoms with van der Waals surface area (Å²) >= 11 is 0. The molecule has 4 aromatic carbocycles. The molecule has 41 heavy (non-hydrogen) atoms. The van der Waals surface area contributed by atoms with Gasteiger partial charge in [-0.1, -0.05) is 48.5 Å². The van der Waals surface area contributed by atoms with Crippen LogP contribution in [0.2, 0.25) is 0 Å². The van der Waals surface area contributed by atoms with Gasteiger partial charge in [-0.05, 0) is 0 Å². The molecule has 4 rings (SSSR count). The molecule has 8 nitrogen and oxygen atoms in total. The molecule has 0 N–H and O–H groups in total. The summed E-state index contributed by atoms with van der Waals surface area (Å²) in [6.07, 6.45) is 7.09. The van der Waals surface area contributed by atoms with Crippen LogP contribution < -0.4 is 18.9 Å². The summed E-state index contributed by atoms with van der Waals surface area (Å²) in [6.45, 7) is 0. The summed E-state index contributed by atoms with van der Waals surface area (Å²) in [7, 11) is 6.33. The van der Waals surface area contributed by atoms with Gasteiger partial charge in [-0.25, -0.2) is 0 Å². The number of ether oxygens (including phenoxy) is 4. The van der Waals surface area contributed by atoms with Crippen LogP contribution in [0.15, 0.2) is 97.1 Å². The molecule has 208 valence electrons. The van der Waals surface area contributed by atoms with Gasteiger partial charge in [0, 0.05) is 0 Å². The van der Waals surface area contributed by atoms with Crippen LogP contribution in [0.25, 0.3) is 0 Å². The molecule has 0 saturated heterocycles. The third kappa shape index (κ3) is 15.5. The number of hydrogen-bond donors (Lipinski definition) is 0. The van der Waals surface area contributed by atoms with Crippen LogP contribution in [-0.4, -0.2) is 53.6 Å². The number of methoxy groups -OCH3 is 4. The molecule has 0 aliphatic heterocycles. The SMILES string of the molecule is COc1ccc([C-]=O)cc1.COc1ccc([C-]=O)cc1.COc1ccc([C-]=O)cc1.COc1ccc([C-]=O)cc1.[Ce+4]. The van der Waals surface area contributed by atoms with E-state index in [0.717, 1.165) is 23.0 Å². The van der Waals surface area contributed by atoms with Crippen LogP contribution in [0.5, 0.6) is 23.0 Å². The van der Waals surface area contributed by atoms with Crippen molar-refractivity contribution in [2.24, 2.45) is 0 Å². The molecular weight excluding hydrogens is 652 g/mol. The summed E-state index contributed by atoms with van der Waals surface area (Å²) in [5, 5.41) is 0. The Morgan fingerprint density at radius 2 is 0.488 bits per heavy atom. The number of carbonyl (C=O) groups excluding carboxylic acids is 4. The molecule has 0 unspecified atom stereocenters. The van der Waals surface area contributed by atoms with E-state index in [1.807, 2.05) is 0 Å². The second kappa shape index (κ2) is 22.9. The first-order valence-corrected chi connectivity index (χ1v) is 11.6. The van der Waals surface area contributed by atoms with E-state index in [-0.39, 0.29) is 41.7 Å². The van der Waals surface area contributed by atoms with Gasteiger partial charge < -0.3 is 38.1 Å². The second-order valence-corrected chi connectivity index (χ2v) is 7.32. The summed E-state index contributed by atoms with van der Waals surface area (Å²) in [5.74, 6) is 3.00. The van der Waals surface area contributed by atoms with Crippen LogP contribution in [0.3, 0.4) is 0 Å². The van der Waals surface area contributed by atoms with Gasteiger partial charge in [0.25, 0.3) is 0 Å². The smallest absolute Gasteiger partial charge is 0.499 e. The van der Waals surface area contributed by atoms with Gasteiger partial charge in [0.05, 0.1) is 76.6 Å². The predicted octanol–water partition coefficient (Wildman–Crippen LogP) is 4.61. The van der Waals surface area contributed by atoms with E-state index in [1.165, 1.54) is 0 Å². The molecule has 0 fully saturated rings. The molecule has 0 aliphatic rings. The topological polar surface area (TPSA) is 105 Å². The molecule has 0 spiro atoms. The number of benzene rings is 4. The molecule has 0 heterocycles. The standard InChI is InChI=1S/4C8H7O2.Ce/c4*1-10-8-4-2-7(6-9)3-5-8;/h4*2-5H,1H3;/q4*-1;+4. The Morgan fingerprint density at radius 3 is 0.585 bits per heavy atom. The summed E-state index contributed by atoms with van der Waals surface area (Å²) in [4.78, 5) is 40.2. The zero-order chi connectivity index (χ0) is 29.6. The van der Waals surface area contributed by atoms with E-state index >= 15 is 0 Å². The van der Waals surface area contributed by atoms with Crippen molar-refractivity contribution in [3.8, 4) is 23.0 Å². The van der Waals surface area contributed by atoms with Crippen LogP contribution in [-0.2, 0) is 19.2 Å². The first-order chi connectivity index (χ1) is 19.5. The summed E-state index contributed by atoms with van der Waals surface area (Å²) in [6, 6.07) is 27.0. The van der Waals surface area contributed by atoms with Crippen molar-refractivity contribution in [3.05, 3.63) is 119 Å². The van der Waals surface area contributed by atoms with Crippen molar-refractivity contribution in [1.29, 1.82) is 0 Å². The maximum atomic E-state index is 10.0. The van der Waals surface area contributed by atoms with Crippen molar-refractivity contribution in [3.63, 3.8) is 0 Å². The molecule has 0 aromatic heterocycles. The molecule has 4 aromatic rings. The first kappa shape index (κ1) is 37.1. The molecule has 0 bridgehead atoms. The van der Waals surface area contributed by atoms with Gasteiger partial charge in [-0.2, -0.15) is 70.8 Å². The van der Waals surface area contributed by atoms with Crippen molar-refractivity contribution in [2.75, 3.05) is 28.4 Å². The van der Waals surface area contributed by atoms with E-state index in [4.69, 9.17) is 18.9 Å². The van der Waals surface area contributed by atoms with Crippen LogP contribution in [0, 0.1) is 41.7 Å². The zero-order valence-corrected chi connectivity index (χ0v) is 26.1. The Labute approximate surface area is 274 Å². The Kier molecular flexibility index (Phi) is 20.7. The maximum absolute atomic E-state index is 10.0. The maximum Gasteiger partial charge on any atom is 4.00 e. The van der Waals surface area contributed by atoms with Crippen LogP contribution >= 0.6 is 0 Å². The Hall–Kier alpha value is -3.86. The summed E-state index contributed by atoms with van der Waals surface area (Å²) < 4.78 is 19.5. The fourth-order valence-electron chi connectivity index (χ4n) is 2.64. The van der Waals surface area contributed by atoms with E-state index < -0.39 is 0 Å². The first-order valence-electron chi connectivity index (χ1n) is 11.6. The quantitative estimate of drug-likeness (QED) is 0.249. The monoisotopic (exact) mass is 680 g/mol. The van der Waals surface area contributed by atoms with E-state index in [0.29, 0.717) is 22.3 Å². The number of rotatable bonds is 8. The normalized spacial score (nSPS) is 8.68. The van der Waals surface area contributed by atoms with E-state index in [9.17, 15) is 19.2 Å². The molecular formula is C32H28CeO8. The largest absolute Gasteiger partial charge is 4.00 e. The Balaban J connectivity index is 0.000000516. The van der Waals surface area contributed by atoms with E-state index in [2.05, 4.69) is 0 Å². The van der Waals surface area contributed by atoms with Gasteiger partial charge in [-0.3, -0.25) is 0 Å². The molecule has 0 saturated carbocycles. The fourth-order valence-corrected chi connectivity index (χ4v) is 2.64. The Morgan fingerprint density at radius 1 is 0.341 bits per heavy atom. The third-order valence-corrected chi connectivity index (χ3v) is 4.83. The molecule has 0 radical (unpaired) electrons.